The van der Waals surface area contributed by atoms with E-state index in [-0.39, 0.29) is 12.0 Å². The number of hydrogen-bond acceptors (Lipinski definition) is 3. The van der Waals surface area contributed by atoms with Crippen LogP contribution < -0.4 is 10.1 Å². The number of hydrogen-bond donors (Lipinski definition) is 1. The van der Waals surface area contributed by atoms with E-state index < -0.39 is 0 Å². The third-order valence-electron chi connectivity index (χ3n) is 5.59. The van der Waals surface area contributed by atoms with E-state index in [4.69, 9.17) is 16.3 Å². The van der Waals surface area contributed by atoms with Crippen molar-refractivity contribution in [3.63, 3.8) is 0 Å². The van der Waals surface area contributed by atoms with Crippen molar-refractivity contribution in [1.29, 1.82) is 0 Å². The summed E-state index contributed by atoms with van der Waals surface area (Å²) in [5.74, 6) is 0.853. The van der Waals surface area contributed by atoms with Crippen molar-refractivity contribution in [3.8, 4) is 16.9 Å². The number of nitrogens with zero attached hydrogens (tertiary/aromatic N) is 1. The monoisotopic (exact) mass is 434 g/mol. The topological polar surface area (TPSA) is 41.6 Å². The molecule has 3 aromatic rings. The van der Waals surface area contributed by atoms with Crippen LogP contribution in [0.3, 0.4) is 0 Å². The maximum absolute atomic E-state index is 12.5. The average Bonchev–Trinajstić information content (AvgIpc) is 2.82. The van der Waals surface area contributed by atoms with Crippen molar-refractivity contribution >= 4 is 17.5 Å². The molecule has 1 amide bonds. The highest BCUT2D eigenvalue weighted by Crippen LogP contribution is 2.26. The van der Waals surface area contributed by atoms with E-state index in [0.29, 0.717) is 37.0 Å². The third-order valence-corrected chi connectivity index (χ3v) is 5.90. The van der Waals surface area contributed by atoms with Crippen LogP contribution in [0.15, 0.2) is 78.9 Å². The molecule has 1 saturated heterocycles. The summed E-state index contributed by atoms with van der Waals surface area (Å²) in [7, 11) is 0. The van der Waals surface area contributed by atoms with Crippen LogP contribution in [0.4, 0.5) is 0 Å². The lowest BCUT2D eigenvalue weighted by molar-refractivity contribution is -0.132. The second-order valence-corrected chi connectivity index (χ2v) is 8.20. The van der Waals surface area contributed by atoms with Gasteiger partial charge in [-0.1, -0.05) is 78.3 Å². The van der Waals surface area contributed by atoms with E-state index >= 15 is 0 Å². The number of ether oxygens (including phenoxy) is 1. The van der Waals surface area contributed by atoms with E-state index in [1.807, 2.05) is 47.4 Å². The lowest BCUT2D eigenvalue weighted by Crippen LogP contribution is -2.45. The van der Waals surface area contributed by atoms with Crippen LogP contribution in [0.2, 0.25) is 5.02 Å². The Morgan fingerprint density at radius 2 is 1.55 bits per heavy atom. The van der Waals surface area contributed by atoms with E-state index in [2.05, 4.69) is 41.7 Å². The van der Waals surface area contributed by atoms with Gasteiger partial charge in [0.05, 0.1) is 11.6 Å². The standard InChI is InChI=1S/C26H27ClN2O2/c27-24-8-4-5-9-25(24)31-23-14-16-29(17-15-23)26(30)19-28-18-20-10-12-22(13-11-20)21-6-2-1-3-7-21/h1-13,23,28H,14-19H2. The quantitative estimate of drug-likeness (QED) is 0.558. The molecule has 3 aromatic carbocycles. The maximum atomic E-state index is 12.5. The summed E-state index contributed by atoms with van der Waals surface area (Å²) < 4.78 is 6.01. The first-order valence-corrected chi connectivity index (χ1v) is 11.1. The van der Waals surface area contributed by atoms with Gasteiger partial charge in [-0.2, -0.15) is 0 Å². The Kier molecular flexibility index (Phi) is 7.23. The molecule has 0 saturated carbocycles. The van der Waals surface area contributed by atoms with E-state index in [1.165, 1.54) is 16.7 Å². The fourth-order valence-electron chi connectivity index (χ4n) is 3.81. The second-order valence-electron chi connectivity index (χ2n) is 7.79. The number of carbonyl (C=O) groups is 1. The third kappa shape index (κ3) is 5.87. The Morgan fingerprint density at radius 1 is 0.903 bits per heavy atom. The molecule has 0 bridgehead atoms. The zero-order chi connectivity index (χ0) is 21.5. The molecule has 1 aliphatic heterocycles. The van der Waals surface area contributed by atoms with Crippen LogP contribution in [0.5, 0.6) is 5.75 Å². The molecule has 1 N–H and O–H groups in total. The van der Waals surface area contributed by atoms with E-state index in [9.17, 15) is 4.79 Å². The molecule has 1 aliphatic rings. The van der Waals surface area contributed by atoms with Gasteiger partial charge >= 0.3 is 0 Å². The second kappa shape index (κ2) is 10.5. The first kappa shape index (κ1) is 21.4. The molecule has 1 heterocycles. The number of rotatable bonds is 7. The van der Waals surface area contributed by atoms with Gasteiger partial charge in [-0.15, -0.1) is 0 Å². The summed E-state index contributed by atoms with van der Waals surface area (Å²) in [4.78, 5) is 14.5. The number of piperidine rings is 1. The van der Waals surface area contributed by atoms with Gasteiger partial charge in [0.2, 0.25) is 5.91 Å². The van der Waals surface area contributed by atoms with Crippen LogP contribution in [-0.4, -0.2) is 36.5 Å². The number of likely N-dealkylation sites (tertiary alicyclic amines) is 1. The molecular formula is C26H27ClN2O2. The molecule has 4 nitrogen and oxygen atoms in total. The first-order valence-electron chi connectivity index (χ1n) is 10.7. The van der Waals surface area contributed by atoms with Gasteiger partial charge in [-0.05, 0) is 28.8 Å². The van der Waals surface area contributed by atoms with Gasteiger partial charge in [-0.3, -0.25) is 4.79 Å². The molecule has 1 fully saturated rings. The molecule has 0 spiro atoms. The molecule has 31 heavy (non-hydrogen) atoms. The Labute approximate surface area is 188 Å². The highest BCUT2D eigenvalue weighted by Gasteiger charge is 2.24. The molecule has 160 valence electrons. The summed E-state index contributed by atoms with van der Waals surface area (Å²) in [6.45, 7) is 2.44. The van der Waals surface area contributed by atoms with Crippen LogP contribution in [0, 0.1) is 0 Å². The number of amides is 1. The normalized spacial score (nSPS) is 14.4. The van der Waals surface area contributed by atoms with E-state index in [0.717, 1.165) is 12.8 Å². The highest BCUT2D eigenvalue weighted by molar-refractivity contribution is 6.32. The van der Waals surface area contributed by atoms with Gasteiger partial charge in [-0.25, -0.2) is 0 Å². The Hall–Kier alpha value is -2.82. The maximum Gasteiger partial charge on any atom is 0.236 e. The Balaban J connectivity index is 1.19. The zero-order valence-electron chi connectivity index (χ0n) is 17.5. The van der Waals surface area contributed by atoms with Crippen LogP contribution in [0.25, 0.3) is 11.1 Å². The molecule has 0 radical (unpaired) electrons. The largest absolute Gasteiger partial charge is 0.489 e. The number of para-hydroxylation sites is 1. The minimum atomic E-state index is 0.0973. The van der Waals surface area contributed by atoms with Crippen molar-refractivity contribution < 1.29 is 9.53 Å². The molecule has 4 rings (SSSR count). The minimum Gasteiger partial charge on any atom is -0.489 e. The predicted molar refractivity (Wildman–Crippen MR) is 125 cm³/mol. The first-order chi connectivity index (χ1) is 15.2. The summed E-state index contributed by atoms with van der Waals surface area (Å²) >= 11 is 6.17. The Morgan fingerprint density at radius 3 is 2.26 bits per heavy atom. The fraction of sp³-hybridized carbons (Fsp3) is 0.269. The number of halogens is 1. The van der Waals surface area contributed by atoms with Gasteiger partial charge in [0.15, 0.2) is 0 Å². The van der Waals surface area contributed by atoms with Crippen LogP contribution >= 0.6 is 11.6 Å². The molecule has 5 heteroatoms. The molecule has 0 aromatic heterocycles. The lowest BCUT2D eigenvalue weighted by Gasteiger charge is -2.32. The van der Waals surface area contributed by atoms with Crippen molar-refractivity contribution in [2.24, 2.45) is 0 Å². The van der Waals surface area contributed by atoms with Crippen LogP contribution in [-0.2, 0) is 11.3 Å². The summed E-state index contributed by atoms with van der Waals surface area (Å²) in [5, 5.41) is 3.90. The predicted octanol–water partition coefficient (Wildman–Crippen LogP) is 5.17. The van der Waals surface area contributed by atoms with Gasteiger partial charge in [0.25, 0.3) is 0 Å². The van der Waals surface area contributed by atoms with Crippen molar-refractivity contribution in [2.75, 3.05) is 19.6 Å². The van der Waals surface area contributed by atoms with E-state index in [1.54, 1.807) is 0 Å². The lowest BCUT2D eigenvalue weighted by atomic mass is 10.0. The van der Waals surface area contributed by atoms with Crippen molar-refractivity contribution in [3.05, 3.63) is 89.4 Å². The Bertz CT molecular complexity index is 984. The summed E-state index contributed by atoms with van der Waals surface area (Å²) in [6, 6.07) is 26.3. The summed E-state index contributed by atoms with van der Waals surface area (Å²) in [5.41, 5.74) is 3.57. The number of benzene rings is 3. The number of nitrogens with one attached hydrogen (secondary N) is 1. The molecule has 0 atom stereocenters. The zero-order valence-corrected chi connectivity index (χ0v) is 18.2. The van der Waals surface area contributed by atoms with Gasteiger partial charge in [0.1, 0.15) is 11.9 Å². The minimum absolute atomic E-state index is 0.0973. The van der Waals surface area contributed by atoms with Crippen molar-refractivity contribution in [1.82, 2.24) is 10.2 Å². The highest BCUT2D eigenvalue weighted by atomic mass is 35.5. The smallest absolute Gasteiger partial charge is 0.236 e. The fourth-order valence-corrected chi connectivity index (χ4v) is 3.99. The summed E-state index contributed by atoms with van der Waals surface area (Å²) in [6.07, 6.45) is 1.73. The molecular weight excluding hydrogens is 408 g/mol. The van der Waals surface area contributed by atoms with Gasteiger partial charge < -0.3 is 15.0 Å². The SMILES string of the molecule is O=C(CNCc1ccc(-c2ccccc2)cc1)N1CCC(Oc2ccccc2Cl)CC1. The molecule has 0 unspecified atom stereocenters. The van der Waals surface area contributed by atoms with Crippen molar-refractivity contribution in [2.45, 2.75) is 25.5 Å². The molecule has 0 aliphatic carbocycles. The van der Waals surface area contributed by atoms with Crippen LogP contribution in [0.1, 0.15) is 18.4 Å². The number of carbonyl (C=O) groups excluding carboxylic acids is 1. The average molecular weight is 435 g/mol. The van der Waals surface area contributed by atoms with Gasteiger partial charge in [0, 0.05) is 32.5 Å².